The molecule has 0 amide bonds. The summed E-state index contributed by atoms with van der Waals surface area (Å²) in [6, 6.07) is 0. The molecule has 1 unspecified atom stereocenters. The second kappa shape index (κ2) is 6.60. The van der Waals surface area contributed by atoms with Crippen molar-refractivity contribution in [2.45, 2.75) is 26.7 Å². The minimum absolute atomic E-state index is 0.146. The van der Waals surface area contributed by atoms with Crippen LogP contribution in [-0.4, -0.2) is 24.9 Å². The summed E-state index contributed by atoms with van der Waals surface area (Å²) in [5.41, 5.74) is 5.29. The molecular formula is C9H17NO3. The highest BCUT2D eigenvalue weighted by Gasteiger charge is 2.23. The van der Waals surface area contributed by atoms with Crippen molar-refractivity contribution in [3.8, 4) is 0 Å². The molecule has 0 spiro atoms. The fourth-order valence-corrected chi connectivity index (χ4v) is 1.05. The highest BCUT2D eigenvalue weighted by molar-refractivity contribution is 5.97. The van der Waals surface area contributed by atoms with E-state index in [4.69, 9.17) is 10.5 Å². The minimum Gasteiger partial charge on any atom is -0.465 e. The Bertz CT molecular complexity index is 180. The first kappa shape index (κ1) is 12.1. The predicted octanol–water partition coefficient (Wildman–Crippen LogP) is 0.494. The third-order valence-electron chi connectivity index (χ3n) is 1.76. The van der Waals surface area contributed by atoms with Crippen molar-refractivity contribution in [3.05, 3.63) is 0 Å². The van der Waals surface area contributed by atoms with E-state index in [1.807, 2.05) is 0 Å². The lowest BCUT2D eigenvalue weighted by Gasteiger charge is -2.11. The normalized spacial score (nSPS) is 12.2. The SMILES string of the molecule is CCOC(=O)C(CCCN)C(C)=O. The van der Waals surface area contributed by atoms with Gasteiger partial charge in [0.2, 0.25) is 0 Å². The number of Topliss-reactive ketones (excluding diaryl/α,β-unsaturated/α-hetero) is 1. The van der Waals surface area contributed by atoms with Gasteiger partial charge in [0.25, 0.3) is 0 Å². The average Bonchev–Trinajstić information content (AvgIpc) is 2.05. The van der Waals surface area contributed by atoms with Crippen LogP contribution in [0.3, 0.4) is 0 Å². The van der Waals surface area contributed by atoms with Crippen molar-refractivity contribution < 1.29 is 14.3 Å². The van der Waals surface area contributed by atoms with Gasteiger partial charge >= 0.3 is 5.97 Å². The molecule has 0 aromatic carbocycles. The first-order valence-electron chi connectivity index (χ1n) is 4.50. The van der Waals surface area contributed by atoms with Crippen LogP contribution < -0.4 is 5.73 Å². The number of hydrogen-bond acceptors (Lipinski definition) is 4. The zero-order valence-corrected chi connectivity index (χ0v) is 8.21. The maximum Gasteiger partial charge on any atom is 0.316 e. The van der Waals surface area contributed by atoms with Crippen LogP contribution in [0.2, 0.25) is 0 Å². The van der Waals surface area contributed by atoms with Gasteiger partial charge in [0, 0.05) is 0 Å². The molecule has 0 saturated heterocycles. The number of carbonyl (C=O) groups is 2. The van der Waals surface area contributed by atoms with Gasteiger partial charge in [0.1, 0.15) is 11.7 Å². The molecule has 0 fully saturated rings. The first-order valence-corrected chi connectivity index (χ1v) is 4.50. The van der Waals surface area contributed by atoms with Crippen molar-refractivity contribution in [2.75, 3.05) is 13.2 Å². The molecule has 0 radical (unpaired) electrons. The molecule has 4 heteroatoms. The molecule has 0 rings (SSSR count). The Hall–Kier alpha value is -0.900. The second-order valence-electron chi connectivity index (χ2n) is 2.85. The Morgan fingerprint density at radius 1 is 1.46 bits per heavy atom. The largest absolute Gasteiger partial charge is 0.465 e. The molecule has 0 bridgehead atoms. The summed E-state index contributed by atoms with van der Waals surface area (Å²) in [6.07, 6.45) is 1.16. The Morgan fingerprint density at radius 3 is 2.46 bits per heavy atom. The molecule has 0 aliphatic rings. The number of ketones is 1. The van der Waals surface area contributed by atoms with Gasteiger partial charge in [-0.1, -0.05) is 0 Å². The van der Waals surface area contributed by atoms with Gasteiger partial charge in [-0.3, -0.25) is 9.59 Å². The lowest BCUT2D eigenvalue weighted by Crippen LogP contribution is -2.25. The van der Waals surface area contributed by atoms with Crippen LogP contribution in [-0.2, 0) is 14.3 Å². The number of hydrogen-bond donors (Lipinski definition) is 1. The smallest absolute Gasteiger partial charge is 0.316 e. The van der Waals surface area contributed by atoms with E-state index in [2.05, 4.69) is 0 Å². The third-order valence-corrected chi connectivity index (χ3v) is 1.76. The van der Waals surface area contributed by atoms with Crippen LogP contribution in [0.4, 0.5) is 0 Å². The van der Waals surface area contributed by atoms with E-state index < -0.39 is 11.9 Å². The van der Waals surface area contributed by atoms with Gasteiger partial charge in [-0.2, -0.15) is 0 Å². The highest BCUT2D eigenvalue weighted by Crippen LogP contribution is 2.09. The van der Waals surface area contributed by atoms with E-state index in [1.54, 1.807) is 6.92 Å². The summed E-state index contributed by atoms with van der Waals surface area (Å²) < 4.78 is 4.76. The Labute approximate surface area is 78.4 Å². The molecule has 13 heavy (non-hydrogen) atoms. The van der Waals surface area contributed by atoms with Crippen LogP contribution in [0.15, 0.2) is 0 Å². The van der Waals surface area contributed by atoms with Gasteiger partial charge in [-0.25, -0.2) is 0 Å². The van der Waals surface area contributed by atoms with E-state index in [9.17, 15) is 9.59 Å². The lowest BCUT2D eigenvalue weighted by atomic mass is 9.99. The zero-order valence-electron chi connectivity index (χ0n) is 8.21. The second-order valence-corrected chi connectivity index (χ2v) is 2.85. The predicted molar refractivity (Wildman–Crippen MR) is 49.1 cm³/mol. The minimum atomic E-state index is -0.622. The number of nitrogens with two attached hydrogens (primary N) is 1. The van der Waals surface area contributed by atoms with Crippen molar-refractivity contribution in [1.82, 2.24) is 0 Å². The fourth-order valence-electron chi connectivity index (χ4n) is 1.05. The summed E-state index contributed by atoms with van der Waals surface area (Å²) in [4.78, 5) is 22.2. The lowest BCUT2D eigenvalue weighted by molar-refractivity contribution is -0.151. The van der Waals surface area contributed by atoms with Crippen molar-refractivity contribution >= 4 is 11.8 Å². The molecule has 0 aliphatic heterocycles. The highest BCUT2D eigenvalue weighted by atomic mass is 16.5. The molecule has 2 N–H and O–H groups in total. The van der Waals surface area contributed by atoms with E-state index >= 15 is 0 Å². The summed E-state index contributed by atoms with van der Waals surface area (Å²) in [5, 5.41) is 0. The molecule has 0 heterocycles. The monoisotopic (exact) mass is 187 g/mol. The van der Waals surface area contributed by atoms with Crippen molar-refractivity contribution in [1.29, 1.82) is 0 Å². The van der Waals surface area contributed by atoms with Gasteiger partial charge in [0.15, 0.2) is 0 Å². The van der Waals surface area contributed by atoms with Crippen LogP contribution in [0.1, 0.15) is 26.7 Å². The zero-order chi connectivity index (χ0) is 10.3. The molecule has 0 aliphatic carbocycles. The summed E-state index contributed by atoms with van der Waals surface area (Å²) in [5.74, 6) is -1.20. The standard InChI is InChI=1S/C9H17NO3/c1-3-13-9(12)8(7(2)11)5-4-6-10/h8H,3-6,10H2,1-2H3. The molecule has 4 nitrogen and oxygen atoms in total. The molecule has 0 aromatic rings. The van der Waals surface area contributed by atoms with Crippen molar-refractivity contribution in [3.63, 3.8) is 0 Å². The molecular weight excluding hydrogens is 170 g/mol. The Morgan fingerprint density at radius 2 is 2.08 bits per heavy atom. The summed E-state index contributed by atoms with van der Waals surface area (Å²) in [7, 11) is 0. The van der Waals surface area contributed by atoms with E-state index in [-0.39, 0.29) is 5.78 Å². The quantitative estimate of drug-likeness (QED) is 0.485. The van der Waals surface area contributed by atoms with Crippen LogP contribution in [0.5, 0.6) is 0 Å². The third kappa shape index (κ3) is 4.62. The van der Waals surface area contributed by atoms with Gasteiger partial charge in [-0.15, -0.1) is 0 Å². The number of carbonyl (C=O) groups excluding carboxylic acids is 2. The fraction of sp³-hybridized carbons (Fsp3) is 0.778. The number of esters is 1. The van der Waals surface area contributed by atoms with E-state index in [1.165, 1.54) is 6.92 Å². The average molecular weight is 187 g/mol. The van der Waals surface area contributed by atoms with E-state index in [0.717, 1.165) is 0 Å². The van der Waals surface area contributed by atoms with Crippen LogP contribution in [0.25, 0.3) is 0 Å². The molecule has 76 valence electrons. The topological polar surface area (TPSA) is 69.4 Å². The first-order chi connectivity index (χ1) is 6.13. The van der Waals surface area contributed by atoms with E-state index in [0.29, 0.717) is 26.0 Å². The summed E-state index contributed by atoms with van der Waals surface area (Å²) >= 11 is 0. The van der Waals surface area contributed by atoms with Gasteiger partial charge in [-0.05, 0) is 33.2 Å². The Kier molecular flexibility index (Phi) is 6.14. The molecule has 0 aromatic heterocycles. The van der Waals surface area contributed by atoms with Gasteiger partial charge < -0.3 is 10.5 Å². The maximum absolute atomic E-state index is 11.2. The Balaban J connectivity index is 4.07. The molecule has 1 atom stereocenters. The van der Waals surface area contributed by atoms with Crippen LogP contribution in [0, 0.1) is 5.92 Å². The number of ether oxygens (including phenoxy) is 1. The van der Waals surface area contributed by atoms with Crippen LogP contribution >= 0.6 is 0 Å². The number of rotatable bonds is 6. The summed E-state index contributed by atoms with van der Waals surface area (Å²) in [6.45, 7) is 3.92. The van der Waals surface area contributed by atoms with Gasteiger partial charge in [0.05, 0.1) is 6.61 Å². The maximum atomic E-state index is 11.2. The molecule has 0 saturated carbocycles. The van der Waals surface area contributed by atoms with Crippen molar-refractivity contribution in [2.24, 2.45) is 11.7 Å².